The first-order valence-corrected chi connectivity index (χ1v) is 7.13. The average molecular weight is 245 g/mol. The fraction of sp³-hybridized carbons (Fsp3) is 0.778. The Balaban J connectivity index is 2.14. The van der Waals surface area contributed by atoms with Crippen LogP contribution < -0.4 is 5.73 Å². The molecule has 1 aliphatic rings. The molecule has 6 nitrogen and oxygen atoms in total. The molecule has 2 N–H and O–H groups in total. The van der Waals surface area contributed by atoms with Gasteiger partial charge in [0.05, 0.1) is 17.5 Å². The van der Waals surface area contributed by atoms with Gasteiger partial charge in [-0.05, 0) is 12.8 Å². The number of nitrogens with zero attached hydrogens (tertiary/aromatic N) is 2. The Kier molecular flexibility index (Phi) is 2.98. The molecule has 90 valence electrons. The van der Waals surface area contributed by atoms with E-state index in [1.54, 1.807) is 0 Å². The number of hydrogen-bond acceptors (Lipinski definition) is 6. The van der Waals surface area contributed by atoms with Crippen molar-refractivity contribution < 1.29 is 12.9 Å². The second kappa shape index (κ2) is 4.14. The zero-order valence-electron chi connectivity index (χ0n) is 9.09. The predicted molar refractivity (Wildman–Crippen MR) is 57.5 cm³/mol. The summed E-state index contributed by atoms with van der Waals surface area (Å²) in [4.78, 5) is 4.16. The summed E-state index contributed by atoms with van der Waals surface area (Å²) in [7, 11) is -2.91. The van der Waals surface area contributed by atoms with Crippen LogP contribution in [0.1, 0.15) is 43.4 Å². The van der Waals surface area contributed by atoms with Crippen LogP contribution in [0.2, 0.25) is 0 Å². The lowest BCUT2D eigenvalue weighted by Crippen LogP contribution is -2.10. The molecule has 1 saturated heterocycles. The van der Waals surface area contributed by atoms with Crippen LogP contribution in [0.25, 0.3) is 0 Å². The van der Waals surface area contributed by atoms with E-state index in [2.05, 4.69) is 10.1 Å². The summed E-state index contributed by atoms with van der Waals surface area (Å²) in [5.41, 5.74) is 5.75. The van der Waals surface area contributed by atoms with E-state index in [0.29, 0.717) is 24.6 Å². The third-order valence-electron chi connectivity index (χ3n) is 2.81. The molecule has 0 aromatic carbocycles. The fourth-order valence-electron chi connectivity index (χ4n) is 1.74. The number of aromatic nitrogens is 2. The third kappa shape index (κ3) is 2.25. The maximum Gasteiger partial charge on any atom is 0.243 e. The highest BCUT2D eigenvalue weighted by molar-refractivity contribution is 7.91. The van der Waals surface area contributed by atoms with E-state index < -0.39 is 9.84 Å². The van der Waals surface area contributed by atoms with Crippen molar-refractivity contribution in [3.63, 3.8) is 0 Å². The summed E-state index contributed by atoms with van der Waals surface area (Å²) in [6.45, 7) is 1.93. The molecule has 7 heteroatoms. The van der Waals surface area contributed by atoms with Crippen LogP contribution in [-0.4, -0.2) is 30.1 Å². The maximum atomic E-state index is 11.3. The van der Waals surface area contributed by atoms with Crippen LogP contribution in [0.3, 0.4) is 0 Å². The minimum atomic E-state index is -2.91. The smallest absolute Gasteiger partial charge is 0.243 e. The molecule has 1 aromatic heterocycles. The van der Waals surface area contributed by atoms with Crippen LogP contribution in [0.15, 0.2) is 4.52 Å². The van der Waals surface area contributed by atoms with Crippen LogP contribution in [0.4, 0.5) is 0 Å². The Morgan fingerprint density at radius 3 is 2.94 bits per heavy atom. The lowest BCUT2D eigenvalue weighted by molar-refractivity contribution is 0.346. The van der Waals surface area contributed by atoms with Gasteiger partial charge >= 0.3 is 0 Å². The Morgan fingerprint density at radius 1 is 1.62 bits per heavy atom. The first-order valence-electron chi connectivity index (χ1n) is 5.31. The summed E-state index contributed by atoms with van der Waals surface area (Å²) in [5.74, 6) is 1.06. The van der Waals surface area contributed by atoms with Gasteiger partial charge in [-0.3, -0.25) is 0 Å². The quantitative estimate of drug-likeness (QED) is 0.826. The van der Waals surface area contributed by atoms with Crippen LogP contribution >= 0.6 is 0 Å². The number of nitrogens with two attached hydrogens (primary N) is 1. The first kappa shape index (κ1) is 11.5. The minimum Gasteiger partial charge on any atom is -0.338 e. The van der Waals surface area contributed by atoms with Gasteiger partial charge in [0.15, 0.2) is 15.7 Å². The van der Waals surface area contributed by atoms with Gasteiger partial charge in [0.25, 0.3) is 0 Å². The monoisotopic (exact) mass is 245 g/mol. The molecule has 0 aliphatic carbocycles. The van der Waals surface area contributed by atoms with Crippen molar-refractivity contribution in [2.75, 3.05) is 11.5 Å². The molecule has 1 aromatic rings. The minimum absolute atomic E-state index is 0.118. The van der Waals surface area contributed by atoms with E-state index >= 15 is 0 Å². The van der Waals surface area contributed by atoms with E-state index in [4.69, 9.17) is 10.3 Å². The topological polar surface area (TPSA) is 99.1 Å². The highest BCUT2D eigenvalue weighted by Gasteiger charge is 2.32. The van der Waals surface area contributed by atoms with Gasteiger partial charge in [-0.2, -0.15) is 4.98 Å². The van der Waals surface area contributed by atoms with Crippen molar-refractivity contribution in [1.29, 1.82) is 0 Å². The van der Waals surface area contributed by atoms with Gasteiger partial charge in [-0.1, -0.05) is 12.1 Å². The van der Waals surface area contributed by atoms with Gasteiger partial charge in [0, 0.05) is 5.92 Å². The summed E-state index contributed by atoms with van der Waals surface area (Å²) in [6.07, 6.45) is 1.28. The van der Waals surface area contributed by atoms with Gasteiger partial charge in [-0.15, -0.1) is 0 Å². The van der Waals surface area contributed by atoms with E-state index in [1.807, 2.05) is 6.92 Å². The molecular formula is C9H15N3O3S. The molecular weight excluding hydrogens is 230 g/mol. The lowest BCUT2D eigenvalue weighted by atomic mass is 10.1. The van der Waals surface area contributed by atoms with Crippen molar-refractivity contribution in [3.8, 4) is 0 Å². The van der Waals surface area contributed by atoms with E-state index in [-0.39, 0.29) is 23.5 Å². The molecule has 0 radical (unpaired) electrons. The number of hydrogen-bond donors (Lipinski definition) is 1. The normalized spacial score (nSPS) is 25.8. The average Bonchev–Trinajstić information content (AvgIpc) is 2.83. The number of sulfone groups is 1. The van der Waals surface area contributed by atoms with Gasteiger partial charge in [0.2, 0.25) is 5.89 Å². The molecule has 0 amide bonds. The van der Waals surface area contributed by atoms with Crippen molar-refractivity contribution in [3.05, 3.63) is 11.7 Å². The molecule has 0 spiro atoms. The molecule has 2 heterocycles. The maximum absolute atomic E-state index is 11.3. The van der Waals surface area contributed by atoms with Gasteiger partial charge in [0.1, 0.15) is 0 Å². The zero-order valence-corrected chi connectivity index (χ0v) is 9.90. The van der Waals surface area contributed by atoms with E-state index in [0.717, 1.165) is 0 Å². The van der Waals surface area contributed by atoms with Crippen molar-refractivity contribution in [1.82, 2.24) is 10.1 Å². The zero-order chi connectivity index (χ0) is 11.8. The third-order valence-corrected chi connectivity index (χ3v) is 4.58. The molecule has 0 bridgehead atoms. The summed E-state index contributed by atoms with van der Waals surface area (Å²) in [6, 6.07) is -0.265. The highest BCUT2D eigenvalue weighted by atomic mass is 32.2. The Morgan fingerprint density at radius 2 is 2.38 bits per heavy atom. The molecule has 1 unspecified atom stereocenters. The molecule has 2 rings (SSSR count). The van der Waals surface area contributed by atoms with Crippen LogP contribution in [0, 0.1) is 0 Å². The number of rotatable bonds is 3. The Labute approximate surface area is 94.1 Å². The van der Waals surface area contributed by atoms with Crippen LogP contribution in [0.5, 0.6) is 0 Å². The Bertz CT molecular complexity index is 468. The fourth-order valence-corrected chi connectivity index (χ4v) is 3.48. The second-order valence-corrected chi connectivity index (χ2v) is 6.33. The van der Waals surface area contributed by atoms with Crippen molar-refractivity contribution >= 4 is 9.84 Å². The van der Waals surface area contributed by atoms with Crippen LogP contribution in [-0.2, 0) is 9.84 Å². The lowest BCUT2D eigenvalue weighted by Gasteiger charge is -2.00. The standard InChI is InChI=1S/C9H15N3O3S/c1-2-7(10)9-11-8(12-15-9)6-3-4-16(13,14)5-6/h6-7H,2-5,10H2,1H3/t6?,7-/m1/s1. The molecule has 1 aliphatic heterocycles. The Hall–Kier alpha value is -0.950. The summed E-state index contributed by atoms with van der Waals surface area (Å²) >= 11 is 0. The molecule has 2 atom stereocenters. The summed E-state index contributed by atoms with van der Waals surface area (Å²) < 4.78 is 27.6. The van der Waals surface area contributed by atoms with E-state index in [9.17, 15) is 8.42 Å². The van der Waals surface area contributed by atoms with Crippen molar-refractivity contribution in [2.24, 2.45) is 5.73 Å². The van der Waals surface area contributed by atoms with Crippen molar-refractivity contribution in [2.45, 2.75) is 31.7 Å². The van der Waals surface area contributed by atoms with Gasteiger partial charge in [-0.25, -0.2) is 8.42 Å². The molecule has 16 heavy (non-hydrogen) atoms. The molecule has 1 fully saturated rings. The van der Waals surface area contributed by atoms with Gasteiger partial charge < -0.3 is 10.3 Å². The summed E-state index contributed by atoms with van der Waals surface area (Å²) in [5, 5.41) is 3.80. The van der Waals surface area contributed by atoms with E-state index in [1.165, 1.54) is 0 Å². The highest BCUT2D eigenvalue weighted by Crippen LogP contribution is 2.27. The molecule has 0 saturated carbocycles. The largest absolute Gasteiger partial charge is 0.338 e. The first-order chi connectivity index (χ1) is 7.52. The second-order valence-electron chi connectivity index (χ2n) is 4.11. The predicted octanol–water partition coefficient (Wildman–Crippen LogP) is 0.382. The SMILES string of the molecule is CC[C@@H](N)c1nc(C2CCS(=O)(=O)C2)no1.